The fraction of sp³-hybridized carbons (Fsp3) is 0. The van der Waals surface area contributed by atoms with E-state index in [-0.39, 0.29) is 11.3 Å². The summed E-state index contributed by atoms with van der Waals surface area (Å²) < 4.78 is 7.01. The largest absolute Gasteiger partial charge is 0.422 e. The van der Waals surface area contributed by atoms with Crippen molar-refractivity contribution in [2.24, 2.45) is 0 Å². The highest BCUT2D eigenvalue weighted by Gasteiger charge is 2.11. The molecule has 3 nitrogen and oxygen atoms in total. The average molecular weight is 434 g/mol. The first-order valence-electron chi connectivity index (χ1n) is 6.74. The molecule has 3 rings (SSSR count). The number of hydrogen-bond acceptors (Lipinski definition) is 3. The molecule has 114 valence electrons. The fourth-order valence-electron chi connectivity index (χ4n) is 2.10. The molecule has 0 radical (unpaired) electrons. The normalized spacial score (nSPS) is 11.2. The minimum atomic E-state index is -0.634. The van der Waals surface area contributed by atoms with Gasteiger partial charge in [-0.15, -0.1) is 0 Å². The zero-order valence-electron chi connectivity index (χ0n) is 11.8. The molecule has 0 bridgehead atoms. The van der Waals surface area contributed by atoms with E-state index in [0.717, 1.165) is 14.5 Å². The van der Waals surface area contributed by atoms with Gasteiger partial charge in [0, 0.05) is 14.3 Å². The maximum atomic E-state index is 12.3. The fourth-order valence-corrected chi connectivity index (χ4v) is 2.74. The van der Waals surface area contributed by atoms with Gasteiger partial charge in [0.1, 0.15) is 11.1 Å². The molecule has 0 atom stereocenters. The number of fused-ring (bicyclic) bond motifs is 1. The minimum Gasteiger partial charge on any atom is -0.422 e. The number of allylic oxidation sites excluding steroid dienone is 1. The lowest BCUT2D eigenvalue weighted by Gasteiger charge is -2.00. The third kappa shape index (κ3) is 3.68. The maximum Gasteiger partial charge on any atom is 0.347 e. The van der Waals surface area contributed by atoms with Crippen LogP contribution < -0.4 is 5.63 Å². The Morgan fingerprint density at radius 2 is 1.65 bits per heavy atom. The van der Waals surface area contributed by atoms with Crippen LogP contribution in [0.3, 0.4) is 0 Å². The molecule has 0 spiro atoms. The van der Waals surface area contributed by atoms with Crippen molar-refractivity contribution in [3.63, 3.8) is 0 Å². The lowest BCUT2D eigenvalue weighted by molar-refractivity contribution is 0.104. The topological polar surface area (TPSA) is 47.3 Å². The highest BCUT2D eigenvalue weighted by Crippen LogP contribution is 2.19. The van der Waals surface area contributed by atoms with Gasteiger partial charge < -0.3 is 4.42 Å². The van der Waals surface area contributed by atoms with E-state index in [1.165, 1.54) is 6.08 Å². The molecule has 0 saturated carbocycles. The van der Waals surface area contributed by atoms with Crippen molar-refractivity contribution in [2.45, 2.75) is 0 Å². The SMILES string of the molecule is O=C(/C=C/c1ccc(Br)cc1)c1cc2cc(Br)ccc2oc1=O. The Morgan fingerprint density at radius 1 is 0.957 bits per heavy atom. The van der Waals surface area contributed by atoms with E-state index >= 15 is 0 Å². The number of benzene rings is 2. The molecule has 0 aliphatic carbocycles. The Hall–Kier alpha value is -1.98. The molecule has 0 unspecified atom stereocenters. The third-order valence-electron chi connectivity index (χ3n) is 3.26. The van der Waals surface area contributed by atoms with Crippen LogP contribution in [0.2, 0.25) is 0 Å². The van der Waals surface area contributed by atoms with Gasteiger partial charge in [-0.25, -0.2) is 4.79 Å². The molecule has 0 saturated heterocycles. The lowest BCUT2D eigenvalue weighted by atomic mass is 10.1. The molecular weight excluding hydrogens is 424 g/mol. The van der Waals surface area contributed by atoms with Crippen molar-refractivity contribution in [1.29, 1.82) is 0 Å². The summed E-state index contributed by atoms with van der Waals surface area (Å²) in [5, 5.41) is 0.694. The quantitative estimate of drug-likeness (QED) is 0.323. The van der Waals surface area contributed by atoms with Crippen molar-refractivity contribution < 1.29 is 9.21 Å². The lowest BCUT2D eigenvalue weighted by Crippen LogP contribution is -2.11. The van der Waals surface area contributed by atoms with Crippen LogP contribution in [0.15, 0.2) is 72.8 Å². The van der Waals surface area contributed by atoms with Crippen LogP contribution in [0.4, 0.5) is 0 Å². The number of carbonyl (C=O) groups excluding carboxylic acids is 1. The maximum absolute atomic E-state index is 12.3. The highest BCUT2D eigenvalue weighted by atomic mass is 79.9. The number of ketones is 1. The molecule has 0 aliphatic rings. The van der Waals surface area contributed by atoms with E-state index in [1.54, 1.807) is 30.3 Å². The van der Waals surface area contributed by atoms with Crippen LogP contribution in [-0.2, 0) is 0 Å². The van der Waals surface area contributed by atoms with Crippen LogP contribution >= 0.6 is 31.9 Å². The molecule has 1 heterocycles. The molecule has 5 heteroatoms. The highest BCUT2D eigenvalue weighted by molar-refractivity contribution is 9.10. The number of carbonyl (C=O) groups is 1. The number of halogens is 2. The molecule has 2 aromatic carbocycles. The predicted molar refractivity (Wildman–Crippen MR) is 97.7 cm³/mol. The summed E-state index contributed by atoms with van der Waals surface area (Å²) in [6.07, 6.45) is 3.04. The van der Waals surface area contributed by atoms with Gasteiger partial charge in [-0.05, 0) is 48.0 Å². The van der Waals surface area contributed by atoms with Crippen molar-refractivity contribution in [2.75, 3.05) is 0 Å². The predicted octanol–water partition coefficient (Wildman–Crippen LogP) is 5.21. The second-order valence-electron chi connectivity index (χ2n) is 4.88. The molecular formula is C18H10Br2O3. The Morgan fingerprint density at radius 3 is 2.39 bits per heavy atom. The average Bonchev–Trinajstić information content (AvgIpc) is 2.54. The summed E-state index contributed by atoms with van der Waals surface area (Å²) in [6.45, 7) is 0. The minimum absolute atomic E-state index is 0.0176. The van der Waals surface area contributed by atoms with Crippen molar-refractivity contribution in [1.82, 2.24) is 0 Å². The first-order valence-corrected chi connectivity index (χ1v) is 8.33. The van der Waals surface area contributed by atoms with Gasteiger partial charge in [0.2, 0.25) is 0 Å². The molecule has 23 heavy (non-hydrogen) atoms. The summed E-state index contributed by atoms with van der Waals surface area (Å²) in [5.74, 6) is -0.386. The smallest absolute Gasteiger partial charge is 0.347 e. The van der Waals surface area contributed by atoms with Crippen LogP contribution in [-0.4, -0.2) is 5.78 Å². The summed E-state index contributed by atoms with van der Waals surface area (Å²) in [6, 6.07) is 14.3. The van der Waals surface area contributed by atoms with E-state index in [4.69, 9.17) is 4.42 Å². The van der Waals surface area contributed by atoms with Crippen molar-refractivity contribution >= 4 is 54.7 Å². The first kappa shape index (κ1) is 15.9. The van der Waals surface area contributed by atoms with E-state index in [1.807, 2.05) is 24.3 Å². The van der Waals surface area contributed by atoms with E-state index in [2.05, 4.69) is 31.9 Å². The van der Waals surface area contributed by atoms with Gasteiger partial charge in [0.15, 0.2) is 5.78 Å². The van der Waals surface area contributed by atoms with Crippen molar-refractivity contribution in [3.05, 3.63) is 85.1 Å². The van der Waals surface area contributed by atoms with Crippen LogP contribution in [0.25, 0.3) is 17.0 Å². The Balaban J connectivity index is 1.95. The first-order chi connectivity index (χ1) is 11.0. The molecule has 0 amide bonds. The van der Waals surface area contributed by atoms with E-state index in [9.17, 15) is 9.59 Å². The van der Waals surface area contributed by atoms with E-state index in [0.29, 0.717) is 11.0 Å². The van der Waals surface area contributed by atoms with Gasteiger partial charge in [-0.1, -0.05) is 50.1 Å². The van der Waals surface area contributed by atoms with Gasteiger partial charge in [-0.3, -0.25) is 4.79 Å². The number of hydrogen-bond donors (Lipinski definition) is 0. The van der Waals surface area contributed by atoms with Gasteiger partial charge >= 0.3 is 5.63 Å². The monoisotopic (exact) mass is 432 g/mol. The third-order valence-corrected chi connectivity index (χ3v) is 4.28. The molecule has 3 aromatic rings. The summed E-state index contributed by atoms with van der Waals surface area (Å²) in [4.78, 5) is 24.2. The van der Waals surface area contributed by atoms with Crippen LogP contribution in [0, 0.1) is 0 Å². The number of rotatable bonds is 3. The van der Waals surface area contributed by atoms with E-state index < -0.39 is 5.63 Å². The Kier molecular flexibility index (Phi) is 4.59. The second kappa shape index (κ2) is 6.64. The molecule has 1 aromatic heterocycles. The van der Waals surface area contributed by atoms with Gasteiger partial charge in [0.05, 0.1) is 0 Å². The zero-order chi connectivity index (χ0) is 16.4. The standard InChI is InChI=1S/C18H10Br2O3/c19-13-4-1-11(2-5-13)3-7-16(21)15-10-12-9-14(20)6-8-17(12)23-18(15)22/h1-10H/b7-3+. The van der Waals surface area contributed by atoms with Crippen LogP contribution in [0.5, 0.6) is 0 Å². The molecule has 0 N–H and O–H groups in total. The van der Waals surface area contributed by atoms with Crippen LogP contribution in [0.1, 0.15) is 15.9 Å². The Labute approximate surface area is 148 Å². The summed E-state index contributed by atoms with van der Waals surface area (Å²) >= 11 is 6.71. The van der Waals surface area contributed by atoms with Crippen molar-refractivity contribution in [3.8, 4) is 0 Å². The van der Waals surface area contributed by atoms with Gasteiger partial charge in [0.25, 0.3) is 0 Å². The van der Waals surface area contributed by atoms with Gasteiger partial charge in [-0.2, -0.15) is 0 Å². The second-order valence-corrected chi connectivity index (χ2v) is 6.71. The molecule has 0 aliphatic heterocycles. The zero-order valence-corrected chi connectivity index (χ0v) is 14.9. The summed E-state index contributed by atoms with van der Waals surface area (Å²) in [5.41, 5.74) is 0.704. The summed E-state index contributed by atoms with van der Waals surface area (Å²) in [7, 11) is 0. The Bertz CT molecular complexity index is 970. The molecule has 0 fully saturated rings.